The van der Waals surface area contributed by atoms with E-state index in [4.69, 9.17) is 11.6 Å². The first-order chi connectivity index (χ1) is 12.1. The molecular weight excluding hydrogens is 391 g/mol. The second-order valence-electron chi connectivity index (χ2n) is 5.50. The fraction of sp³-hybridized carbons (Fsp3) is 0.235. The van der Waals surface area contributed by atoms with E-state index >= 15 is 0 Å². The highest BCUT2D eigenvalue weighted by atomic mass is 35.5. The number of amides is 1. The fourth-order valence-electron chi connectivity index (χ4n) is 2.13. The monoisotopic (exact) mass is 405 g/mol. The summed E-state index contributed by atoms with van der Waals surface area (Å²) in [5, 5.41) is 2.81. The second-order valence-corrected chi connectivity index (χ2v) is 8.04. The van der Waals surface area contributed by atoms with Gasteiger partial charge in [0.05, 0.1) is 16.2 Å². The van der Waals surface area contributed by atoms with Crippen molar-refractivity contribution in [2.24, 2.45) is 0 Å². The predicted molar refractivity (Wildman–Crippen MR) is 91.4 cm³/mol. The van der Waals surface area contributed by atoms with Crippen molar-refractivity contribution in [3.63, 3.8) is 0 Å². The van der Waals surface area contributed by atoms with Crippen molar-refractivity contribution in [3.8, 4) is 0 Å². The van der Waals surface area contributed by atoms with Crippen molar-refractivity contribution in [1.29, 1.82) is 0 Å². The summed E-state index contributed by atoms with van der Waals surface area (Å²) in [6.45, 7) is -0.121. The molecule has 2 aromatic rings. The predicted octanol–water partition coefficient (Wildman–Crippen LogP) is 3.84. The number of hydrogen-bond donors (Lipinski definition) is 1. The van der Waals surface area contributed by atoms with Crippen molar-refractivity contribution >= 4 is 27.3 Å². The van der Waals surface area contributed by atoms with E-state index in [1.165, 1.54) is 36.4 Å². The molecule has 0 bridgehead atoms. The van der Waals surface area contributed by atoms with Gasteiger partial charge in [-0.3, -0.25) is 4.79 Å². The van der Waals surface area contributed by atoms with E-state index in [0.717, 1.165) is 12.1 Å². The van der Waals surface area contributed by atoms with Crippen LogP contribution in [0.3, 0.4) is 0 Å². The molecule has 0 spiro atoms. The molecule has 0 saturated carbocycles. The Morgan fingerprint density at radius 1 is 1.08 bits per heavy atom. The Morgan fingerprint density at radius 3 is 2.35 bits per heavy atom. The number of carbonyl (C=O) groups is 1. The number of nitrogens with one attached hydrogen (secondary N) is 1. The van der Waals surface area contributed by atoms with Crippen LogP contribution in [-0.4, -0.2) is 20.1 Å². The molecule has 1 N–H and O–H groups in total. The molecule has 2 rings (SSSR count). The number of benzene rings is 2. The SMILES string of the molecule is O=C(CCS(=O)(=O)c1ccc(Cl)cc1)NCc1cccc(C(F)(F)F)c1. The zero-order valence-electron chi connectivity index (χ0n) is 13.4. The molecule has 0 aliphatic rings. The lowest BCUT2D eigenvalue weighted by molar-refractivity contribution is -0.137. The van der Waals surface area contributed by atoms with Gasteiger partial charge in [0.1, 0.15) is 0 Å². The zero-order chi connectivity index (χ0) is 19.4. The summed E-state index contributed by atoms with van der Waals surface area (Å²) in [6, 6.07) is 10.1. The molecule has 0 aromatic heterocycles. The third kappa shape index (κ3) is 5.74. The summed E-state index contributed by atoms with van der Waals surface area (Å²) in [5.74, 6) is -0.983. The average Bonchev–Trinajstić information content (AvgIpc) is 2.58. The number of hydrogen-bond acceptors (Lipinski definition) is 3. The molecule has 4 nitrogen and oxygen atoms in total. The summed E-state index contributed by atoms with van der Waals surface area (Å²) < 4.78 is 62.2. The van der Waals surface area contributed by atoms with Gasteiger partial charge in [-0.25, -0.2) is 8.42 Å². The van der Waals surface area contributed by atoms with Crippen LogP contribution in [0.1, 0.15) is 17.5 Å². The zero-order valence-corrected chi connectivity index (χ0v) is 15.0. The summed E-state index contributed by atoms with van der Waals surface area (Å²) >= 11 is 5.70. The molecular formula is C17H15ClF3NO3S. The minimum Gasteiger partial charge on any atom is -0.352 e. The lowest BCUT2D eigenvalue weighted by Gasteiger charge is -2.10. The van der Waals surface area contributed by atoms with Crippen LogP contribution in [0.5, 0.6) is 0 Å². The summed E-state index contributed by atoms with van der Waals surface area (Å²) in [6.07, 6.45) is -4.77. The van der Waals surface area contributed by atoms with Crippen molar-refractivity contribution < 1.29 is 26.4 Å². The average molecular weight is 406 g/mol. The highest BCUT2D eigenvalue weighted by molar-refractivity contribution is 7.91. The Labute approximate surface area is 153 Å². The molecule has 9 heteroatoms. The maximum absolute atomic E-state index is 12.6. The van der Waals surface area contributed by atoms with E-state index in [0.29, 0.717) is 5.02 Å². The third-order valence-corrected chi connectivity index (χ3v) is 5.50. The number of alkyl halides is 3. The van der Waals surface area contributed by atoms with Crippen molar-refractivity contribution in [2.75, 3.05) is 5.75 Å². The molecule has 0 heterocycles. The van der Waals surface area contributed by atoms with Crippen LogP contribution in [0.2, 0.25) is 5.02 Å². The summed E-state index contributed by atoms with van der Waals surface area (Å²) in [5.41, 5.74) is -0.539. The second kappa shape index (κ2) is 8.09. The van der Waals surface area contributed by atoms with E-state index in [1.807, 2.05) is 0 Å². The Balaban J connectivity index is 1.90. The van der Waals surface area contributed by atoms with Crippen LogP contribution in [0.15, 0.2) is 53.4 Å². The molecule has 0 saturated heterocycles. The van der Waals surface area contributed by atoms with E-state index in [1.54, 1.807) is 0 Å². The Kier molecular flexibility index (Phi) is 6.30. The molecule has 0 aliphatic heterocycles. The van der Waals surface area contributed by atoms with E-state index in [9.17, 15) is 26.4 Å². The van der Waals surface area contributed by atoms with Gasteiger partial charge < -0.3 is 5.32 Å². The largest absolute Gasteiger partial charge is 0.416 e. The minimum atomic E-state index is -4.47. The highest BCUT2D eigenvalue weighted by Gasteiger charge is 2.30. The Bertz CT molecular complexity index is 881. The molecule has 2 aromatic carbocycles. The maximum atomic E-state index is 12.6. The van der Waals surface area contributed by atoms with E-state index in [2.05, 4.69) is 5.32 Å². The molecule has 0 fully saturated rings. The first kappa shape index (κ1) is 20.3. The molecule has 0 aliphatic carbocycles. The lowest BCUT2D eigenvalue weighted by atomic mass is 10.1. The first-order valence-corrected chi connectivity index (χ1v) is 9.52. The fourth-order valence-corrected chi connectivity index (χ4v) is 3.50. The minimum absolute atomic E-state index is 0.0487. The van der Waals surface area contributed by atoms with Crippen LogP contribution in [-0.2, 0) is 27.4 Å². The van der Waals surface area contributed by atoms with Gasteiger partial charge in [-0.05, 0) is 42.0 Å². The molecule has 0 unspecified atom stereocenters. The smallest absolute Gasteiger partial charge is 0.352 e. The third-order valence-electron chi connectivity index (χ3n) is 3.51. The first-order valence-electron chi connectivity index (χ1n) is 7.49. The molecule has 0 atom stereocenters. The number of sulfone groups is 1. The van der Waals surface area contributed by atoms with Crippen LogP contribution in [0, 0.1) is 0 Å². The van der Waals surface area contributed by atoms with Crippen LogP contribution < -0.4 is 5.32 Å². The molecule has 0 radical (unpaired) electrons. The van der Waals surface area contributed by atoms with Gasteiger partial charge in [0.25, 0.3) is 0 Å². The van der Waals surface area contributed by atoms with Gasteiger partial charge in [0, 0.05) is 18.0 Å². The molecule has 26 heavy (non-hydrogen) atoms. The summed E-state index contributed by atoms with van der Waals surface area (Å²) in [7, 11) is -3.65. The van der Waals surface area contributed by atoms with Gasteiger partial charge in [-0.2, -0.15) is 13.2 Å². The van der Waals surface area contributed by atoms with Gasteiger partial charge in [0.2, 0.25) is 5.91 Å². The highest BCUT2D eigenvalue weighted by Crippen LogP contribution is 2.29. The standard InChI is InChI=1S/C17H15ClF3NO3S/c18-14-4-6-15(7-5-14)26(24,25)9-8-16(23)22-11-12-2-1-3-13(10-12)17(19,20)21/h1-7,10H,8-9,11H2,(H,22,23). The van der Waals surface area contributed by atoms with E-state index in [-0.39, 0.29) is 23.4 Å². The van der Waals surface area contributed by atoms with Crippen molar-refractivity contribution in [2.45, 2.75) is 24.0 Å². The van der Waals surface area contributed by atoms with Crippen LogP contribution >= 0.6 is 11.6 Å². The lowest BCUT2D eigenvalue weighted by Crippen LogP contribution is -2.25. The van der Waals surface area contributed by atoms with Crippen LogP contribution in [0.4, 0.5) is 13.2 Å². The Hall–Kier alpha value is -2.06. The van der Waals surface area contributed by atoms with Gasteiger partial charge in [-0.15, -0.1) is 0 Å². The molecule has 140 valence electrons. The normalized spacial score (nSPS) is 12.0. The van der Waals surface area contributed by atoms with Crippen LogP contribution in [0.25, 0.3) is 0 Å². The van der Waals surface area contributed by atoms with E-state index < -0.39 is 33.2 Å². The molecule has 1 amide bonds. The Morgan fingerprint density at radius 2 is 1.73 bits per heavy atom. The summed E-state index contributed by atoms with van der Waals surface area (Å²) in [4.78, 5) is 11.9. The van der Waals surface area contributed by atoms with Gasteiger partial charge in [0.15, 0.2) is 9.84 Å². The van der Waals surface area contributed by atoms with Crippen molar-refractivity contribution in [3.05, 3.63) is 64.7 Å². The van der Waals surface area contributed by atoms with Gasteiger partial charge in [-0.1, -0.05) is 23.7 Å². The number of halogens is 4. The van der Waals surface area contributed by atoms with Crippen molar-refractivity contribution in [1.82, 2.24) is 5.32 Å². The van der Waals surface area contributed by atoms with Gasteiger partial charge >= 0.3 is 6.18 Å². The number of rotatable bonds is 6. The quantitative estimate of drug-likeness (QED) is 0.794. The topological polar surface area (TPSA) is 63.2 Å². The number of carbonyl (C=O) groups excluding carboxylic acids is 1. The maximum Gasteiger partial charge on any atom is 0.416 e.